The molecule has 0 aliphatic carbocycles. The molecule has 18 heavy (non-hydrogen) atoms. The lowest BCUT2D eigenvalue weighted by Crippen LogP contribution is -2.20. The quantitative estimate of drug-likeness (QED) is 0.818. The van der Waals surface area contributed by atoms with Crippen LogP contribution in [0.1, 0.15) is 5.56 Å². The van der Waals surface area contributed by atoms with E-state index < -0.39 is 5.82 Å². The molecular weight excluding hydrogens is 257 g/mol. The Labute approximate surface area is 110 Å². The fourth-order valence-corrected chi connectivity index (χ4v) is 1.60. The number of halogens is 2. The van der Waals surface area contributed by atoms with E-state index in [1.165, 1.54) is 12.1 Å². The molecule has 0 radical (unpaired) electrons. The molecule has 0 spiro atoms. The van der Waals surface area contributed by atoms with Crippen LogP contribution in [-0.4, -0.2) is 13.2 Å². The van der Waals surface area contributed by atoms with E-state index in [0.717, 1.165) is 12.1 Å². The highest BCUT2D eigenvalue weighted by Gasteiger charge is 2.01. The molecule has 1 aromatic heterocycles. The van der Waals surface area contributed by atoms with Crippen molar-refractivity contribution in [3.8, 4) is 5.75 Å². The molecule has 5 heteroatoms. The van der Waals surface area contributed by atoms with Crippen molar-refractivity contribution in [1.29, 1.82) is 0 Å². The first-order valence-corrected chi connectivity index (χ1v) is 5.93. The van der Waals surface area contributed by atoms with Crippen molar-refractivity contribution in [2.24, 2.45) is 0 Å². The molecule has 0 saturated carbocycles. The summed E-state index contributed by atoms with van der Waals surface area (Å²) in [7, 11) is 0. The largest absolute Gasteiger partial charge is 0.492 e. The Morgan fingerprint density at radius 3 is 2.94 bits per heavy atom. The summed E-state index contributed by atoms with van der Waals surface area (Å²) in [6.45, 7) is 1.89. The number of furan rings is 1. The molecule has 0 aliphatic rings. The number of nitrogens with one attached hydrogen (secondary N) is 1. The van der Waals surface area contributed by atoms with Crippen molar-refractivity contribution in [2.45, 2.75) is 6.54 Å². The third-order valence-electron chi connectivity index (χ3n) is 2.35. The van der Waals surface area contributed by atoms with Gasteiger partial charge in [-0.05, 0) is 18.2 Å². The molecule has 2 aromatic rings. The minimum atomic E-state index is -0.443. The molecule has 1 heterocycles. The number of benzene rings is 1. The normalized spacial score (nSPS) is 10.6. The van der Waals surface area contributed by atoms with Crippen LogP contribution in [0.25, 0.3) is 0 Å². The molecule has 3 nitrogen and oxygen atoms in total. The molecule has 0 bridgehead atoms. The first-order chi connectivity index (χ1) is 8.75. The van der Waals surface area contributed by atoms with Crippen LogP contribution >= 0.6 is 11.6 Å². The molecule has 96 valence electrons. The molecule has 0 atom stereocenters. The average Bonchev–Trinajstić information content (AvgIpc) is 2.86. The second-order valence-corrected chi connectivity index (χ2v) is 4.14. The zero-order chi connectivity index (χ0) is 12.8. The lowest BCUT2D eigenvalue weighted by atomic mass is 10.3. The summed E-state index contributed by atoms with van der Waals surface area (Å²) in [6.07, 6.45) is 3.32. The van der Waals surface area contributed by atoms with E-state index >= 15 is 0 Å². The first kappa shape index (κ1) is 12.9. The Morgan fingerprint density at radius 1 is 1.33 bits per heavy atom. The Morgan fingerprint density at radius 2 is 2.22 bits per heavy atom. The topological polar surface area (TPSA) is 34.4 Å². The van der Waals surface area contributed by atoms with Gasteiger partial charge in [0, 0.05) is 24.7 Å². The van der Waals surface area contributed by atoms with Gasteiger partial charge in [0.15, 0.2) is 0 Å². The lowest BCUT2D eigenvalue weighted by Gasteiger charge is -2.07. The highest BCUT2D eigenvalue weighted by atomic mass is 35.5. The summed E-state index contributed by atoms with van der Waals surface area (Å²) in [6, 6.07) is 6.20. The summed E-state index contributed by atoms with van der Waals surface area (Å²) in [5.41, 5.74) is 1.08. The maximum atomic E-state index is 12.9. The van der Waals surface area contributed by atoms with Gasteiger partial charge >= 0.3 is 0 Å². The average molecular weight is 270 g/mol. The van der Waals surface area contributed by atoms with E-state index in [-0.39, 0.29) is 5.02 Å². The van der Waals surface area contributed by atoms with E-state index in [0.29, 0.717) is 18.9 Å². The van der Waals surface area contributed by atoms with Crippen LogP contribution in [0.15, 0.2) is 41.2 Å². The molecule has 0 amide bonds. The summed E-state index contributed by atoms with van der Waals surface area (Å²) in [5.74, 6) is 0.119. The number of rotatable bonds is 6. The highest BCUT2D eigenvalue weighted by Crippen LogP contribution is 2.20. The van der Waals surface area contributed by atoms with Crippen LogP contribution in [0.2, 0.25) is 5.02 Å². The molecule has 0 saturated heterocycles. The van der Waals surface area contributed by atoms with E-state index in [4.69, 9.17) is 20.8 Å². The standard InChI is InChI=1S/C13H13ClFNO2/c14-12-7-11(1-2-13(12)15)18-6-4-16-8-10-3-5-17-9-10/h1-3,5,7,9,16H,4,6,8H2. The van der Waals surface area contributed by atoms with Gasteiger partial charge < -0.3 is 14.5 Å². The van der Waals surface area contributed by atoms with Crippen LogP contribution < -0.4 is 10.1 Å². The van der Waals surface area contributed by atoms with Gasteiger partial charge in [0.1, 0.15) is 18.2 Å². The summed E-state index contributed by atoms with van der Waals surface area (Å²) < 4.78 is 23.3. The number of hydrogen-bond acceptors (Lipinski definition) is 3. The second kappa shape index (κ2) is 6.42. The monoisotopic (exact) mass is 269 g/mol. The molecule has 1 aromatic carbocycles. The van der Waals surface area contributed by atoms with Gasteiger partial charge in [-0.3, -0.25) is 0 Å². The van der Waals surface area contributed by atoms with E-state index in [2.05, 4.69) is 5.32 Å². The number of hydrogen-bond donors (Lipinski definition) is 1. The Kier molecular flexibility index (Phi) is 4.61. The van der Waals surface area contributed by atoms with Gasteiger partial charge in [0.2, 0.25) is 0 Å². The van der Waals surface area contributed by atoms with Crippen molar-refractivity contribution in [3.05, 3.63) is 53.2 Å². The van der Waals surface area contributed by atoms with Crippen LogP contribution in [-0.2, 0) is 6.54 Å². The van der Waals surface area contributed by atoms with Crippen molar-refractivity contribution in [1.82, 2.24) is 5.32 Å². The maximum absolute atomic E-state index is 12.9. The van der Waals surface area contributed by atoms with Crippen molar-refractivity contribution in [3.63, 3.8) is 0 Å². The summed E-state index contributed by atoms with van der Waals surface area (Å²) in [5, 5.41) is 3.26. The van der Waals surface area contributed by atoms with Crippen LogP contribution in [0.4, 0.5) is 4.39 Å². The van der Waals surface area contributed by atoms with Crippen LogP contribution in [0, 0.1) is 5.82 Å². The van der Waals surface area contributed by atoms with E-state index in [9.17, 15) is 4.39 Å². The van der Waals surface area contributed by atoms with E-state index in [1.807, 2.05) is 6.07 Å². The molecule has 1 N–H and O–H groups in total. The second-order valence-electron chi connectivity index (χ2n) is 3.73. The number of ether oxygens (including phenoxy) is 1. The fraction of sp³-hybridized carbons (Fsp3) is 0.231. The van der Waals surface area contributed by atoms with Gasteiger partial charge in [-0.25, -0.2) is 4.39 Å². The van der Waals surface area contributed by atoms with Crippen molar-refractivity contribution >= 4 is 11.6 Å². The van der Waals surface area contributed by atoms with Gasteiger partial charge in [0.25, 0.3) is 0 Å². The highest BCUT2D eigenvalue weighted by molar-refractivity contribution is 6.30. The summed E-state index contributed by atoms with van der Waals surface area (Å²) in [4.78, 5) is 0. The molecule has 0 unspecified atom stereocenters. The Bertz CT molecular complexity index is 488. The lowest BCUT2D eigenvalue weighted by molar-refractivity contribution is 0.313. The molecule has 0 aliphatic heterocycles. The van der Waals surface area contributed by atoms with E-state index in [1.54, 1.807) is 18.6 Å². The smallest absolute Gasteiger partial charge is 0.142 e. The SMILES string of the molecule is Fc1ccc(OCCNCc2ccoc2)cc1Cl. The van der Waals surface area contributed by atoms with Crippen molar-refractivity contribution < 1.29 is 13.5 Å². The van der Waals surface area contributed by atoms with Gasteiger partial charge in [-0.1, -0.05) is 11.6 Å². The minimum Gasteiger partial charge on any atom is -0.492 e. The minimum absolute atomic E-state index is 0.0684. The van der Waals surface area contributed by atoms with Gasteiger partial charge in [-0.15, -0.1) is 0 Å². The maximum Gasteiger partial charge on any atom is 0.142 e. The third kappa shape index (κ3) is 3.75. The van der Waals surface area contributed by atoms with Crippen molar-refractivity contribution in [2.75, 3.05) is 13.2 Å². The predicted octanol–water partition coefficient (Wildman–Crippen LogP) is 3.24. The fourth-order valence-electron chi connectivity index (χ4n) is 1.43. The first-order valence-electron chi connectivity index (χ1n) is 5.55. The Hall–Kier alpha value is -1.52. The zero-order valence-corrected chi connectivity index (χ0v) is 10.4. The molecular formula is C13H13ClFNO2. The third-order valence-corrected chi connectivity index (χ3v) is 2.64. The van der Waals surface area contributed by atoms with Crippen LogP contribution in [0.5, 0.6) is 5.75 Å². The Balaban J connectivity index is 1.67. The molecule has 2 rings (SSSR count). The molecule has 0 fully saturated rings. The van der Waals surface area contributed by atoms with Crippen LogP contribution in [0.3, 0.4) is 0 Å². The van der Waals surface area contributed by atoms with Gasteiger partial charge in [-0.2, -0.15) is 0 Å². The predicted molar refractivity (Wildman–Crippen MR) is 67.3 cm³/mol. The summed E-state index contributed by atoms with van der Waals surface area (Å²) >= 11 is 5.64. The van der Waals surface area contributed by atoms with Gasteiger partial charge in [0.05, 0.1) is 17.5 Å². The zero-order valence-electron chi connectivity index (χ0n) is 9.66.